The van der Waals surface area contributed by atoms with E-state index in [1.807, 2.05) is 31.2 Å². The fourth-order valence-corrected chi connectivity index (χ4v) is 2.56. The number of hydrogen-bond acceptors (Lipinski definition) is 3. The van der Waals surface area contributed by atoms with Gasteiger partial charge in [0.2, 0.25) is 0 Å². The second kappa shape index (κ2) is 7.32. The van der Waals surface area contributed by atoms with Gasteiger partial charge in [0.05, 0.1) is 18.4 Å². The molecule has 0 saturated carbocycles. The van der Waals surface area contributed by atoms with E-state index in [0.717, 1.165) is 11.1 Å². The van der Waals surface area contributed by atoms with Crippen molar-refractivity contribution in [1.82, 2.24) is 5.32 Å². The highest BCUT2D eigenvalue weighted by Gasteiger charge is 2.19. The first kappa shape index (κ1) is 16.9. The fourth-order valence-electron chi connectivity index (χ4n) is 2.56. The molecule has 5 heteroatoms. The first-order valence-corrected chi connectivity index (χ1v) is 7.90. The molecular formula is C20H18FNO3. The summed E-state index contributed by atoms with van der Waals surface area (Å²) >= 11 is 0. The zero-order valence-corrected chi connectivity index (χ0v) is 13.7. The van der Waals surface area contributed by atoms with Gasteiger partial charge in [-0.2, -0.15) is 0 Å². The average molecular weight is 339 g/mol. The van der Waals surface area contributed by atoms with E-state index < -0.39 is 17.8 Å². The van der Waals surface area contributed by atoms with E-state index in [-0.39, 0.29) is 12.2 Å². The van der Waals surface area contributed by atoms with Gasteiger partial charge in [-0.1, -0.05) is 35.9 Å². The van der Waals surface area contributed by atoms with Crippen LogP contribution < -0.4 is 5.32 Å². The molecule has 4 nitrogen and oxygen atoms in total. The number of aliphatic hydroxyl groups excluding tert-OH is 1. The van der Waals surface area contributed by atoms with Gasteiger partial charge in [0.25, 0.3) is 5.91 Å². The number of nitrogens with one attached hydrogen (secondary N) is 1. The van der Waals surface area contributed by atoms with Gasteiger partial charge < -0.3 is 14.8 Å². The van der Waals surface area contributed by atoms with Gasteiger partial charge in [0.1, 0.15) is 17.6 Å². The number of amides is 1. The Balaban J connectivity index is 1.80. The van der Waals surface area contributed by atoms with E-state index in [9.17, 15) is 14.3 Å². The maximum Gasteiger partial charge on any atom is 0.254 e. The van der Waals surface area contributed by atoms with Crippen molar-refractivity contribution in [1.29, 1.82) is 0 Å². The average Bonchev–Trinajstić information content (AvgIpc) is 3.14. The number of halogens is 1. The molecule has 0 aliphatic carbocycles. The first-order chi connectivity index (χ1) is 12.1. The molecule has 0 aliphatic rings. The number of furan rings is 1. The summed E-state index contributed by atoms with van der Waals surface area (Å²) in [5.74, 6) is -0.817. The molecule has 2 N–H and O–H groups in total. The Hall–Kier alpha value is -2.92. The largest absolute Gasteiger partial charge is 0.467 e. The molecule has 1 aromatic heterocycles. The van der Waals surface area contributed by atoms with Crippen molar-refractivity contribution in [2.45, 2.75) is 13.0 Å². The van der Waals surface area contributed by atoms with E-state index in [1.54, 1.807) is 18.2 Å². The van der Waals surface area contributed by atoms with E-state index >= 15 is 0 Å². The summed E-state index contributed by atoms with van der Waals surface area (Å²) < 4.78 is 19.6. The van der Waals surface area contributed by atoms with Gasteiger partial charge >= 0.3 is 0 Å². The first-order valence-electron chi connectivity index (χ1n) is 7.90. The van der Waals surface area contributed by atoms with Crippen molar-refractivity contribution in [2.75, 3.05) is 6.61 Å². The lowest BCUT2D eigenvalue weighted by Gasteiger charge is -2.14. The van der Waals surface area contributed by atoms with Crippen LogP contribution in [0.5, 0.6) is 0 Å². The van der Waals surface area contributed by atoms with Crippen molar-refractivity contribution >= 4 is 5.91 Å². The quantitative estimate of drug-likeness (QED) is 0.742. The molecule has 1 amide bonds. The molecule has 0 aliphatic heterocycles. The maximum atomic E-state index is 14.4. The molecule has 1 heterocycles. The van der Waals surface area contributed by atoms with E-state index in [0.29, 0.717) is 11.3 Å². The van der Waals surface area contributed by atoms with Crippen molar-refractivity contribution < 1.29 is 18.7 Å². The van der Waals surface area contributed by atoms with Crippen LogP contribution in [0.25, 0.3) is 11.1 Å². The SMILES string of the molecule is Cc1ccc(-c2ccc(C(=O)NC(CO)c3ccco3)c(F)c2)cc1. The minimum absolute atomic E-state index is 0.0825. The number of hydrogen-bond donors (Lipinski definition) is 2. The minimum Gasteiger partial charge on any atom is -0.467 e. The Bertz CT molecular complexity index is 857. The predicted molar refractivity (Wildman–Crippen MR) is 92.6 cm³/mol. The molecule has 2 aromatic carbocycles. The molecule has 128 valence electrons. The van der Waals surface area contributed by atoms with Crippen LogP contribution >= 0.6 is 0 Å². The van der Waals surface area contributed by atoms with E-state index in [2.05, 4.69) is 5.32 Å². The van der Waals surface area contributed by atoms with Gasteiger partial charge in [-0.05, 0) is 42.3 Å². The van der Waals surface area contributed by atoms with Crippen LogP contribution in [0.4, 0.5) is 4.39 Å². The Morgan fingerprint density at radius 1 is 1.16 bits per heavy atom. The number of benzene rings is 2. The van der Waals surface area contributed by atoms with Crippen LogP contribution in [0.1, 0.15) is 27.7 Å². The van der Waals surface area contributed by atoms with Crippen LogP contribution in [0.2, 0.25) is 0 Å². The number of aliphatic hydroxyl groups is 1. The lowest BCUT2D eigenvalue weighted by molar-refractivity contribution is 0.0903. The molecule has 0 saturated heterocycles. The predicted octanol–water partition coefficient (Wildman–Crippen LogP) is 3.86. The normalized spacial score (nSPS) is 12.0. The van der Waals surface area contributed by atoms with Crippen LogP contribution in [0.15, 0.2) is 65.3 Å². The third-order valence-electron chi connectivity index (χ3n) is 3.97. The Morgan fingerprint density at radius 3 is 2.48 bits per heavy atom. The lowest BCUT2D eigenvalue weighted by Crippen LogP contribution is -2.31. The summed E-state index contributed by atoms with van der Waals surface area (Å²) in [6.45, 7) is 1.64. The van der Waals surface area contributed by atoms with E-state index in [4.69, 9.17) is 4.42 Å². The number of carbonyl (C=O) groups excluding carboxylic acids is 1. The highest BCUT2D eigenvalue weighted by Crippen LogP contribution is 2.23. The molecule has 0 fully saturated rings. The molecule has 0 spiro atoms. The summed E-state index contributed by atoms with van der Waals surface area (Å²) in [6, 6.07) is 14.7. The molecular weight excluding hydrogens is 321 g/mol. The van der Waals surface area contributed by atoms with Crippen LogP contribution in [0, 0.1) is 12.7 Å². The van der Waals surface area contributed by atoms with Crippen molar-refractivity contribution in [3.05, 3.63) is 83.6 Å². The third-order valence-corrected chi connectivity index (χ3v) is 3.97. The van der Waals surface area contributed by atoms with Crippen LogP contribution in [0.3, 0.4) is 0 Å². The summed E-state index contributed by atoms with van der Waals surface area (Å²) in [7, 11) is 0. The van der Waals surface area contributed by atoms with Gasteiger partial charge in [-0.25, -0.2) is 4.39 Å². The molecule has 0 bridgehead atoms. The summed E-state index contributed by atoms with van der Waals surface area (Å²) in [4.78, 5) is 12.3. The highest BCUT2D eigenvalue weighted by molar-refractivity contribution is 5.95. The van der Waals surface area contributed by atoms with Crippen molar-refractivity contribution in [2.24, 2.45) is 0 Å². The van der Waals surface area contributed by atoms with Gasteiger partial charge in [-0.15, -0.1) is 0 Å². The van der Waals surface area contributed by atoms with Crippen molar-refractivity contribution in [3.63, 3.8) is 0 Å². The lowest BCUT2D eigenvalue weighted by atomic mass is 10.0. The third kappa shape index (κ3) is 3.78. The zero-order valence-electron chi connectivity index (χ0n) is 13.7. The van der Waals surface area contributed by atoms with Crippen LogP contribution in [-0.4, -0.2) is 17.6 Å². The zero-order chi connectivity index (χ0) is 17.8. The van der Waals surface area contributed by atoms with Crippen molar-refractivity contribution in [3.8, 4) is 11.1 Å². The topological polar surface area (TPSA) is 62.5 Å². The maximum absolute atomic E-state index is 14.4. The summed E-state index contributed by atoms with van der Waals surface area (Å²) in [5.41, 5.74) is 2.60. The number of aryl methyl sites for hydroxylation is 1. The molecule has 3 aromatic rings. The van der Waals surface area contributed by atoms with Gasteiger partial charge in [-0.3, -0.25) is 4.79 Å². The Labute approximate surface area is 144 Å². The molecule has 25 heavy (non-hydrogen) atoms. The molecule has 1 unspecified atom stereocenters. The second-order valence-electron chi connectivity index (χ2n) is 5.78. The minimum atomic E-state index is -0.723. The number of rotatable bonds is 5. The summed E-state index contributed by atoms with van der Waals surface area (Å²) in [6.07, 6.45) is 1.45. The smallest absolute Gasteiger partial charge is 0.254 e. The standard InChI is InChI=1S/C20H18FNO3/c1-13-4-6-14(7-5-13)15-8-9-16(17(21)11-15)20(24)22-18(12-23)19-3-2-10-25-19/h2-11,18,23H,12H2,1H3,(H,22,24). The molecule has 0 radical (unpaired) electrons. The van der Waals surface area contributed by atoms with E-state index in [1.165, 1.54) is 18.4 Å². The summed E-state index contributed by atoms with van der Waals surface area (Å²) in [5, 5.41) is 12.0. The second-order valence-corrected chi connectivity index (χ2v) is 5.78. The fraction of sp³-hybridized carbons (Fsp3) is 0.150. The molecule has 1 atom stereocenters. The number of carbonyl (C=O) groups is 1. The molecule has 3 rings (SSSR count). The van der Waals surface area contributed by atoms with Gasteiger partial charge in [0, 0.05) is 0 Å². The monoisotopic (exact) mass is 339 g/mol. The highest BCUT2D eigenvalue weighted by atomic mass is 19.1. The Morgan fingerprint density at radius 2 is 1.88 bits per heavy atom. The Kier molecular flexibility index (Phi) is 4.95. The van der Waals surface area contributed by atoms with Gasteiger partial charge in [0.15, 0.2) is 0 Å². The van der Waals surface area contributed by atoms with Crippen LogP contribution in [-0.2, 0) is 0 Å².